The van der Waals surface area contributed by atoms with Gasteiger partial charge in [-0.05, 0) is 18.6 Å². The number of aromatic nitrogens is 4. The van der Waals surface area contributed by atoms with E-state index in [2.05, 4.69) is 17.0 Å². The van der Waals surface area contributed by atoms with Gasteiger partial charge in [0, 0.05) is 18.0 Å². The van der Waals surface area contributed by atoms with Crippen LogP contribution in [0.2, 0.25) is 0 Å². The molecule has 99 valence electrons. The van der Waals surface area contributed by atoms with Crippen molar-refractivity contribution in [1.29, 1.82) is 0 Å². The molecule has 0 bridgehead atoms. The first-order valence-electron chi connectivity index (χ1n) is 6.43. The zero-order chi connectivity index (χ0) is 13.9. The molecule has 3 rings (SSSR count). The van der Waals surface area contributed by atoms with Gasteiger partial charge in [0.15, 0.2) is 5.88 Å². The summed E-state index contributed by atoms with van der Waals surface area (Å²) in [6, 6.07) is 11.9. The fourth-order valence-electron chi connectivity index (χ4n) is 2.07. The number of benzene rings is 1. The topological polar surface area (TPSA) is 44.9 Å². The Kier molecular flexibility index (Phi) is 3.59. The predicted molar refractivity (Wildman–Crippen MR) is 77.8 cm³/mol. The number of para-hydroxylation sites is 1. The number of aryl methyl sites for hydroxylation is 1. The summed E-state index contributed by atoms with van der Waals surface area (Å²) in [5.74, 6) is 1.41. The number of nitrogens with zero attached hydrogens (tertiary/aromatic N) is 4. The molecule has 5 nitrogen and oxygen atoms in total. The lowest BCUT2D eigenvalue weighted by molar-refractivity contribution is 0.545. The smallest absolute Gasteiger partial charge is 0.495 e. The van der Waals surface area contributed by atoms with Crippen LogP contribution in [0.15, 0.2) is 48.8 Å². The third kappa shape index (κ3) is 2.24. The van der Waals surface area contributed by atoms with E-state index in [4.69, 9.17) is 3.79 Å². The van der Waals surface area contributed by atoms with Crippen LogP contribution in [0.4, 0.5) is 0 Å². The van der Waals surface area contributed by atoms with Crippen molar-refractivity contribution in [2.45, 2.75) is 13.3 Å². The Hall–Kier alpha value is -2.03. The summed E-state index contributed by atoms with van der Waals surface area (Å²) in [6.07, 6.45) is 4.62. The van der Waals surface area contributed by atoms with Crippen molar-refractivity contribution in [2.75, 3.05) is 0 Å². The molecule has 0 saturated heterocycles. The maximum Gasteiger partial charge on any atom is 0.495 e. The van der Waals surface area contributed by atoms with Crippen molar-refractivity contribution in [3.05, 3.63) is 54.5 Å². The van der Waals surface area contributed by atoms with Gasteiger partial charge in [-0.1, -0.05) is 25.1 Å². The molecular formula is C14H14AlN4O. The van der Waals surface area contributed by atoms with Gasteiger partial charge in [-0.2, -0.15) is 9.78 Å². The molecule has 0 aliphatic carbocycles. The molecule has 2 heterocycles. The standard InChI is InChI=1S/C14H14N4O.Al.H/c1-2-11-10-17(12-6-4-3-5-7-12)14(16-11)18-13(19)8-9-15-18;;/h3-10,19H,2H2,1H3;;/q;+1;/p-1. The van der Waals surface area contributed by atoms with Crippen LogP contribution in [0, 0.1) is 0 Å². The summed E-state index contributed by atoms with van der Waals surface area (Å²) in [4.78, 5) is 4.64. The monoisotopic (exact) mass is 281 g/mol. The molecule has 2 aromatic heterocycles. The summed E-state index contributed by atoms with van der Waals surface area (Å²) in [7, 11) is 0. The van der Waals surface area contributed by atoms with E-state index in [9.17, 15) is 0 Å². The molecule has 20 heavy (non-hydrogen) atoms. The second-order valence-corrected chi connectivity index (χ2v) is 4.61. The van der Waals surface area contributed by atoms with Gasteiger partial charge in [0.2, 0.25) is 5.95 Å². The van der Waals surface area contributed by atoms with Gasteiger partial charge in [0.05, 0.1) is 11.9 Å². The Morgan fingerprint density at radius 2 is 2.00 bits per heavy atom. The molecule has 0 fully saturated rings. The normalized spacial score (nSPS) is 10.7. The maximum atomic E-state index is 5.35. The Balaban J connectivity index is 2.18. The zero-order valence-electron chi connectivity index (χ0n) is 11.2. The van der Waals surface area contributed by atoms with Crippen LogP contribution in [0.5, 0.6) is 5.88 Å². The fraction of sp³-hybridized carbons (Fsp3) is 0.143. The molecule has 0 atom stereocenters. The van der Waals surface area contributed by atoms with E-state index in [1.807, 2.05) is 47.2 Å². The first-order chi connectivity index (χ1) is 9.83. The third-order valence-electron chi connectivity index (χ3n) is 3.08. The highest BCUT2D eigenvalue weighted by Gasteiger charge is 2.14. The minimum absolute atomic E-state index is 0.675. The van der Waals surface area contributed by atoms with Gasteiger partial charge in [0.25, 0.3) is 0 Å². The van der Waals surface area contributed by atoms with Crippen LogP contribution >= 0.6 is 0 Å². The molecule has 0 aliphatic rings. The first-order valence-corrected chi connectivity index (χ1v) is 7.01. The third-order valence-corrected chi connectivity index (χ3v) is 3.37. The maximum absolute atomic E-state index is 5.35. The molecule has 0 N–H and O–H groups in total. The van der Waals surface area contributed by atoms with Gasteiger partial charge in [-0.25, -0.2) is 4.98 Å². The Morgan fingerprint density at radius 1 is 1.20 bits per heavy atom. The van der Waals surface area contributed by atoms with Gasteiger partial charge in [-0.15, -0.1) is 0 Å². The molecule has 0 aliphatic heterocycles. The highest BCUT2D eigenvalue weighted by molar-refractivity contribution is 5.99. The van der Waals surface area contributed by atoms with Crippen molar-refractivity contribution in [2.24, 2.45) is 0 Å². The van der Waals surface area contributed by atoms with Gasteiger partial charge in [0.1, 0.15) is 0 Å². The molecular weight excluding hydrogens is 267 g/mol. The lowest BCUT2D eigenvalue weighted by Gasteiger charge is -2.10. The van der Waals surface area contributed by atoms with Gasteiger partial charge < -0.3 is 3.79 Å². The second-order valence-electron chi connectivity index (χ2n) is 4.32. The summed E-state index contributed by atoms with van der Waals surface area (Å²) in [5.41, 5.74) is 2.07. The Labute approximate surface area is 125 Å². The van der Waals surface area contributed by atoms with Gasteiger partial charge in [-0.3, -0.25) is 4.57 Å². The van der Waals surface area contributed by atoms with Crippen LogP contribution in [-0.4, -0.2) is 36.0 Å². The molecule has 1 aromatic carbocycles. The van der Waals surface area contributed by atoms with Crippen molar-refractivity contribution in [3.8, 4) is 17.5 Å². The predicted octanol–water partition coefficient (Wildman–Crippen LogP) is 1.81. The Bertz CT molecular complexity index is 705. The highest BCUT2D eigenvalue weighted by Crippen LogP contribution is 2.20. The van der Waals surface area contributed by atoms with Crippen molar-refractivity contribution in [3.63, 3.8) is 0 Å². The molecule has 1 radical (unpaired) electrons. The van der Waals surface area contributed by atoms with Crippen LogP contribution in [-0.2, 0) is 6.42 Å². The lowest BCUT2D eigenvalue weighted by atomic mass is 10.3. The van der Waals surface area contributed by atoms with Crippen molar-refractivity contribution in [1.82, 2.24) is 19.3 Å². The van der Waals surface area contributed by atoms with Crippen molar-refractivity contribution >= 4 is 16.6 Å². The molecule has 3 aromatic rings. The van der Waals surface area contributed by atoms with E-state index < -0.39 is 0 Å². The number of hydrogen-bond acceptors (Lipinski definition) is 3. The number of hydrogen-bond donors (Lipinski definition) is 0. The molecule has 0 unspecified atom stereocenters. The van der Waals surface area contributed by atoms with Crippen molar-refractivity contribution < 1.29 is 3.79 Å². The highest BCUT2D eigenvalue weighted by atomic mass is 27.1. The van der Waals surface area contributed by atoms with E-state index in [-0.39, 0.29) is 0 Å². The SMILES string of the molecule is CCc1cn(-c2ccccc2)c(-n2nccc2[O][AlH])n1. The minimum atomic E-state index is 0.675. The van der Waals surface area contributed by atoms with E-state index in [1.54, 1.807) is 10.9 Å². The van der Waals surface area contributed by atoms with Crippen LogP contribution in [0.1, 0.15) is 12.6 Å². The largest absolute Gasteiger partial charge is 0.636 e. The lowest BCUT2D eigenvalue weighted by Crippen LogP contribution is -2.08. The average Bonchev–Trinajstić information content (AvgIpc) is 3.13. The van der Waals surface area contributed by atoms with Crippen LogP contribution in [0.25, 0.3) is 11.6 Å². The molecule has 0 amide bonds. The number of rotatable bonds is 4. The summed E-state index contributed by atoms with van der Waals surface area (Å²) in [6.45, 7) is 2.09. The average molecular weight is 281 g/mol. The van der Waals surface area contributed by atoms with E-state index >= 15 is 0 Å². The van der Waals surface area contributed by atoms with E-state index in [0.717, 1.165) is 23.8 Å². The summed E-state index contributed by atoms with van der Waals surface area (Å²) >= 11 is 1.43. The molecule has 0 saturated carbocycles. The van der Waals surface area contributed by atoms with Gasteiger partial charge >= 0.3 is 16.6 Å². The number of imidazole rings is 1. The van der Waals surface area contributed by atoms with E-state index in [0.29, 0.717) is 5.88 Å². The quantitative estimate of drug-likeness (QED) is 0.685. The Morgan fingerprint density at radius 3 is 2.70 bits per heavy atom. The summed E-state index contributed by atoms with van der Waals surface area (Å²) in [5, 5.41) is 4.30. The summed E-state index contributed by atoms with van der Waals surface area (Å²) < 4.78 is 9.08. The molecule has 0 spiro atoms. The first kappa shape index (κ1) is 13.0. The second kappa shape index (κ2) is 5.53. The van der Waals surface area contributed by atoms with Crippen LogP contribution < -0.4 is 3.79 Å². The fourth-order valence-corrected chi connectivity index (χ4v) is 2.29. The zero-order valence-corrected chi connectivity index (χ0v) is 12.6. The molecule has 6 heteroatoms. The van der Waals surface area contributed by atoms with Crippen LogP contribution in [0.3, 0.4) is 0 Å². The minimum Gasteiger partial charge on any atom is -0.636 e. The van der Waals surface area contributed by atoms with E-state index in [1.165, 1.54) is 16.6 Å².